The molecule has 1 amide bonds. The number of nitrogens with zero attached hydrogens (tertiary/aromatic N) is 2. The van der Waals surface area contributed by atoms with Gasteiger partial charge in [-0.2, -0.15) is 4.31 Å². The van der Waals surface area contributed by atoms with E-state index in [0.717, 1.165) is 16.7 Å². The molecule has 1 N–H and O–H groups in total. The van der Waals surface area contributed by atoms with Gasteiger partial charge in [0.2, 0.25) is 10.0 Å². The van der Waals surface area contributed by atoms with E-state index in [0.29, 0.717) is 31.7 Å². The van der Waals surface area contributed by atoms with Gasteiger partial charge < -0.3 is 10.2 Å². The number of aryl methyl sites for hydroxylation is 2. The fourth-order valence-electron chi connectivity index (χ4n) is 3.40. The largest absolute Gasteiger partial charge is 0.346 e. The topological polar surface area (TPSA) is 69.7 Å². The van der Waals surface area contributed by atoms with Crippen LogP contribution in [0.1, 0.15) is 40.0 Å². The summed E-state index contributed by atoms with van der Waals surface area (Å²) < 4.78 is 27.6. The molecule has 0 radical (unpaired) electrons. The molecule has 2 aromatic carbocycles. The van der Waals surface area contributed by atoms with Gasteiger partial charge in [-0.25, -0.2) is 8.42 Å². The highest BCUT2D eigenvalue weighted by Crippen LogP contribution is 2.22. The minimum Gasteiger partial charge on any atom is -0.346 e. The van der Waals surface area contributed by atoms with Crippen molar-refractivity contribution in [1.29, 1.82) is 0 Å². The molecule has 1 aliphatic rings. The molecule has 0 saturated carbocycles. The lowest BCUT2D eigenvalue weighted by molar-refractivity contribution is 0.0939. The number of nitrogens with one attached hydrogen (secondary N) is 1. The zero-order valence-electron chi connectivity index (χ0n) is 17.5. The number of piperazine rings is 1. The Morgan fingerprint density at radius 1 is 1.00 bits per heavy atom. The Hall–Kier alpha value is -2.22. The second-order valence-electron chi connectivity index (χ2n) is 7.79. The van der Waals surface area contributed by atoms with Crippen molar-refractivity contribution in [3.8, 4) is 0 Å². The Morgan fingerprint density at radius 3 is 2.24 bits per heavy atom. The van der Waals surface area contributed by atoms with Crippen LogP contribution in [-0.2, 0) is 10.0 Å². The van der Waals surface area contributed by atoms with Gasteiger partial charge >= 0.3 is 0 Å². The van der Waals surface area contributed by atoms with Crippen molar-refractivity contribution in [3.63, 3.8) is 0 Å². The highest BCUT2D eigenvalue weighted by atomic mass is 32.2. The van der Waals surface area contributed by atoms with Gasteiger partial charge in [-0.05, 0) is 51.1 Å². The van der Waals surface area contributed by atoms with Crippen LogP contribution in [0.2, 0.25) is 0 Å². The number of amides is 1. The van der Waals surface area contributed by atoms with Crippen LogP contribution in [-0.4, -0.2) is 56.8 Å². The molecular weight excluding hydrogens is 386 g/mol. The zero-order valence-corrected chi connectivity index (χ0v) is 18.3. The van der Waals surface area contributed by atoms with Crippen LogP contribution >= 0.6 is 0 Å². The maximum atomic E-state index is 13.0. The summed E-state index contributed by atoms with van der Waals surface area (Å²) in [5.74, 6) is -0.272. The van der Waals surface area contributed by atoms with Gasteiger partial charge in [-0.1, -0.05) is 35.9 Å². The van der Waals surface area contributed by atoms with E-state index < -0.39 is 10.0 Å². The molecule has 0 aliphatic carbocycles. The van der Waals surface area contributed by atoms with E-state index in [9.17, 15) is 13.2 Å². The van der Waals surface area contributed by atoms with Crippen molar-refractivity contribution in [1.82, 2.24) is 14.5 Å². The molecule has 3 rings (SSSR count). The molecule has 1 heterocycles. The van der Waals surface area contributed by atoms with Gasteiger partial charge in [-0.15, -0.1) is 0 Å². The molecular formula is C22H29N3O3S. The van der Waals surface area contributed by atoms with Gasteiger partial charge in [0.15, 0.2) is 0 Å². The van der Waals surface area contributed by atoms with Gasteiger partial charge in [0, 0.05) is 31.7 Å². The minimum absolute atomic E-state index is 0.167. The molecule has 1 aliphatic heterocycles. The first-order valence-electron chi connectivity index (χ1n) is 9.85. The van der Waals surface area contributed by atoms with Crippen molar-refractivity contribution in [2.45, 2.75) is 31.7 Å². The van der Waals surface area contributed by atoms with E-state index in [2.05, 4.69) is 10.2 Å². The van der Waals surface area contributed by atoms with Crippen LogP contribution in [0, 0.1) is 13.8 Å². The molecule has 1 saturated heterocycles. The van der Waals surface area contributed by atoms with Crippen LogP contribution in [0.25, 0.3) is 0 Å². The van der Waals surface area contributed by atoms with Gasteiger partial charge in [0.1, 0.15) is 0 Å². The third kappa shape index (κ3) is 4.86. The molecule has 156 valence electrons. The quantitative estimate of drug-likeness (QED) is 0.815. The lowest BCUT2D eigenvalue weighted by Gasteiger charge is -2.31. The highest BCUT2D eigenvalue weighted by Gasteiger charge is 2.28. The van der Waals surface area contributed by atoms with E-state index in [4.69, 9.17) is 0 Å². The fraction of sp³-hybridized carbons (Fsp3) is 0.409. The maximum absolute atomic E-state index is 13.0. The summed E-state index contributed by atoms with van der Waals surface area (Å²) in [5, 5.41) is 2.98. The smallest absolute Gasteiger partial charge is 0.252 e. The van der Waals surface area contributed by atoms with Crippen LogP contribution < -0.4 is 5.32 Å². The summed E-state index contributed by atoms with van der Waals surface area (Å²) in [4.78, 5) is 15.2. The van der Waals surface area contributed by atoms with Crippen molar-refractivity contribution in [3.05, 3.63) is 64.7 Å². The highest BCUT2D eigenvalue weighted by molar-refractivity contribution is 7.89. The zero-order chi connectivity index (χ0) is 21.2. The standard InChI is InChI=1S/C22H29N3O3S/c1-16-5-8-19(9-6-16)18(3)23-22(26)21-15-20(10-7-17(21)2)29(27,28)25-13-11-24(4)12-14-25/h5-10,15,18H,11-14H2,1-4H3,(H,23,26)/t18-/m1/s1. The van der Waals surface area contributed by atoms with Crippen LogP contribution in [0.15, 0.2) is 47.4 Å². The first-order valence-corrected chi connectivity index (χ1v) is 11.3. The Labute approximate surface area is 173 Å². The Balaban J connectivity index is 1.81. The number of likely N-dealkylation sites (N-methyl/N-ethyl adjacent to an activating group) is 1. The molecule has 2 aromatic rings. The molecule has 0 spiro atoms. The maximum Gasteiger partial charge on any atom is 0.252 e. The Kier molecular flexibility index (Phi) is 6.41. The summed E-state index contributed by atoms with van der Waals surface area (Å²) >= 11 is 0. The van der Waals surface area contributed by atoms with Gasteiger partial charge in [0.25, 0.3) is 5.91 Å². The number of sulfonamides is 1. The average molecular weight is 416 g/mol. The minimum atomic E-state index is -3.62. The molecule has 7 heteroatoms. The molecule has 1 fully saturated rings. The lowest BCUT2D eigenvalue weighted by Crippen LogP contribution is -2.47. The number of hydrogen-bond acceptors (Lipinski definition) is 4. The summed E-state index contributed by atoms with van der Waals surface area (Å²) in [6.07, 6.45) is 0. The Bertz CT molecular complexity index is 979. The SMILES string of the molecule is Cc1ccc([C@@H](C)NC(=O)c2cc(S(=O)(=O)N3CCN(C)CC3)ccc2C)cc1. The number of carbonyl (C=O) groups is 1. The van der Waals surface area contributed by atoms with Gasteiger partial charge in [0.05, 0.1) is 10.9 Å². The van der Waals surface area contributed by atoms with E-state index in [1.54, 1.807) is 12.1 Å². The van der Waals surface area contributed by atoms with E-state index in [1.807, 2.05) is 52.1 Å². The van der Waals surface area contributed by atoms with E-state index >= 15 is 0 Å². The van der Waals surface area contributed by atoms with Crippen molar-refractivity contribution >= 4 is 15.9 Å². The summed E-state index contributed by atoms with van der Waals surface area (Å²) in [6, 6.07) is 12.6. The van der Waals surface area contributed by atoms with Crippen molar-refractivity contribution in [2.75, 3.05) is 33.2 Å². The predicted molar refractivity (Wildman–Crippen MR) is 114 cm³/mol. The van der Waals surface area contributed by atoms with E-state index in [1.165, 1.54) is 10.4 Å². The normalized spacial score (nSPS) is 17.1. The molecule has 1 atom stereocenters. The summed E-state index contributed by atoms with van der Waals surface area (Å²) in [7, 11) is -1.64. The third-order valence-corrected chi connectivity index (χ3v) is 7.37. The third-order valence-electron chi connectivity index (χ3n) is 5.48. The number of hydrogen-bond donors (Lipinski definition) is 1. The monoisotopic (exact) mass is 415 g/mol. The van der Waals surface area contributed by atoms with E-state index in [-0.39, 0.29) is 16.8 Å². The fourth-order valence-corrected chi connectivity index (χ4v) is 4.85. The second-order valence-corrected chi connectivity index (χ2v) is 9.73. The number of carbonyl (C=O) groups excluding carboxylic acids is 1. The van der Waals surface area contributed by atoms with Crippen LogP contribution in [0.4, 0.5) is 0 Å². The van der Waals surface area contributed by atoms with Crippen LogP contribution in [0.3, 0.4) is 0 Å². The predicted octanol–water partition coefficient (Wildman–Crippen LogP) is 2.73. The average Bonchev–Trinajstić information content (AvgIpc) is 2.68. The Morgan fingerprint density at radius 2 is 1.62 bits per heavy atom. The second kappa shape index (κ2) is 8.65. The van der Waals surface area contributed by atoms with Crippen molar-refractivity contribution in [2.24, 2.45) is 0 Å². The summed E-state index contributed by atoms with van der Waals surface area (Å²) in [6.45, 7) is 8.07. The summed E-state index contributed by atoms with van der Waals surface area (Å²) in [5.41, 5.74) is 3.29. The van der Waals surface area contributed by atoms with Crippen LogP contribution in [0.5, 0.6) is 0 Å². The first kappa shape index (κ1) is 21.5. The first-order chi connectivity index (χ1) is 13.7. The van der Waals surface area contributed by atoms with Crippen molar-refractivity contribution < 1.29 is 13.2 Å². The molecule has 6 nitrogen and oxygen atoms in total. The molecule has 0 unspecified atom stereocenters. The molecule has 0 bridgehead atoms. The molecule has 0 aromatic heterocycles. The number of rotatable bonds is 5. The number of benzene rings is 2. The van der Waals surface area contributed by atoms with Gasteiger partial charge in [-0.3, -0.25) is 4.79 Å². The lowest BCUT2D eigenvalue weighted by atomic mass is 10.0. The molecule has 29 heavy (non-hydrogen) atoms.